The van der Waals surface area contributed by atoms with Crippen molar-refractivity contribution in [3.63, 3.8) is 0 Å². The summed E-state index contributed by atoms with van der Waals surface area (Å²) in [6.45, 7) is 9.25. The molecule has 20 heavy (non-hydrogen) atoms. The van der Waals surface area contributed by atoms with E-state index < -0.39 is 0 Å². The second-order valence-corrected chi connectivity index (χ2v) is 5.73. The molecule has 0 unspecified atom stereocenters. The number of hydrogen-bond acceptors (Lipinski definition) is 4. The van der Waals surface area contributed by atoms with Gasteiger partial charge in [-0.3, -0.25) is 14.6 Å². The molecule has 1 aliphatic rings. The van der Waals surface area contributed by atoms with Crippen molar-refractivity contribution in [2.24, 2.45) is 0 Å². The van der Waals surface area contributed by atoms with Gasteiger partial charge in [0.1, 0.15) is 5.54 Å². The lowest BCUT2D eigenvalue weighted by Crippen LogP contribution is -2.54. The smallest absolute Gasteiger partial charge is 0.250 e. The van der Waals surface area contributed by atoms with Gasteiger partial charge in [0.2, 0.25) is 0 Å². The normalized spacial score (nSPS) is 17.9. The van der Waals surface area contributed by atoms with E-state index in [1.165, 1.54) is 0 Å². The van der Waals surface area contributed by atoms with Crippen LogP contribution in [0.25, 0.3) is 0 Å². The average molecular weight is 274 g/mol. The van der Waals surface area contributed by atoms with Crippen molar-refractivity contribution in [3.8, 4) is 6.07 Å². The minimum absolute atomic E-state index is 0.0525. The third kappa shape index (κ3) is 3.47. The first-order chi connectivity index (χ1) is 9.53. The molecule has 0 aromatic carbocycles. The zero-order valence-corrected chi connectivity index (χ0v) is 12.2. The van der Waals surface area contributed by atoms with Crippen molar-refractivity contribution < 1.29 is 0 Å². The van der Waals surface area contributed by atoms with Gasteiger partial charge in [0, 0.05) is 51.5 Å². The molecule has 1 aliphatic heterocycles. The molecule has 1 aromatic heterocycles. The predicted molar refractivity (Wildman–Crippen MR) is 78.4 cm³/mol. The Labute approximate surface area is 120 Å². The molecule has 0 atom stereocenters. The van der Waals surface area contributed by atoms with Gasteiger partial charge in [0.25, 0.3) is 5.56 Å². The van der Waals surface area contributed by atoms with Crippen LogP contribution in [0.15, 0.2) is 29.2 Å². The van der Waals surface area contributed by atoms with Crippen LogP contribution in [-0.2, 0) is 6.54 Å². The Kier molecular flexibility index (Phi) is 4.58. The standard InChI is InChI=1S/C15H22N4O/c1-15(2,13-16)19-11-8-17(9-12-19)7-10-18-6-4-3-5-14(18)20/h3-6H,7-12H2,1-2H3. The molecule has 1 saturated heterocycles. The number of rotatable bonds is 4. The predicted octanol–water partition coefficient (Wildman–Crippen LogP) is 0.768. The van der Waals surface area contributed by atoms with E-state index in [4.69, 9.17) is 5.26 Å². The van der Waals surface area contributed by atoms with Gasteiger partial charge in [-0.2, -0.15) is 5.26 Å². The van der Waals surface area contributed by atoms with Gasteiger partial charge in [-0.15, -0.1) is 0 Å². The maximum atomic E-state index is 11.6. The van der Waals surface area contributed by atoms with Crippen LogP contribution in [0.3, 0.4) is 0 Å². The Morgan fingerprint density at radius 1 is 1.20 bits per heavy atom. The Morgan fingerprint density at radius 2 is 1.90 bits per heavy atom. The highest BCUT2D eigenvalue weighted by molar-refractivity contribution is 5.02. The summed E-state index contributed by atoms with van der Waals surface area (Å²) in [6, 6.07) is 7.59. The number of aromatic nitrogens is 1. The molecule has 2 heterocycles. The number of pyridine rings is 1. The molecule has 0 amide bonds. The van der Waals surface area contributed by atoms with Crippen LogP contribution in [0.1, 0.15) is 13.8 Å². The van der Waals surface area contributed by atoms with E-state index >= 15 is 0 Å². The lowest BCUT2D eigenvalue weighted by molar-refractivity contribution is 0.0782. The summed E-state index contributed by atoms with van der Waals surface area (Å²) in [5.41, 5.74) is -0.334. The van der Waals surface area contributed by atoms with E-state index in [0.29, 0.717) is 0 Å². The van der Waals surface area contributed by atoms with Gasteiger partial charge in [-0.25, -0.2) is 0 Å². The first kappa shape index (κ1) is 14.8. The molecule has 2 rings (SSSR count). The summed E-state index contributed by atoms with van der Waals surface area (Å²) in [4.78, 5) is 16.2. The van der Waals surface area contributed by atoms with Crippen molar-refractivity contribution in [1.29, 1.82) is 5.26 Å². The second-order valence-electron chi connectivity index (χ2n) is 5.73. The SMILES string of the molecule is CC(C)(C#N)N1CCN(CCn2ccccc2=O)CC1. The van der Waals surface area contributed by atoms with Crippen LogP contribution >= 0.6 is 0 Å². The fraction of sp³-hybridized carbons (Fsp3) is 0.600. The summed E-state index contributed by atoms with van der Waals surface area (Å²) in [6.07, 6.45) is 1.83. The Morgan fingerprint density at radius 3 is 2.50 bits per heavy atom. The molecular formula is C15H22N4O. The highest BCUT2D eigenvalue weighted by Gasteiger charge is 2.29. The number of nitriles is 1. The van der Waals surface area contributed by atoms with E-state index in [1.54, 1.807) is 16.7 Å². The van der Waals surface area contributed by atoms with E-state index in [-0.39, 0.29) is 11.1 Å². The van der Waals surface area contributed by atoms with Crippen molar-refractivity contribution in [1.82, 2.24) is 14.4 Å². The summed E-state index contributed by atoms with van der Waals surface area (Å²) >= 11 is 0. The second kappa shape index (κ2) is 6.21. The molecule has 0 spiro atoms. The first-order valence-electron chi connectivity index (χ1n) is 7.07. The maximum absolute atomic E-state index is 11.6. The van der Waals surface area contributed by atoms with Gasteiger partial charge in [0.05, 0.1) is 6.07 Å². The number of nitrogens with zero attached hydrogens (tertiary/aromatic N) is 4. The molecule has 1 fully saturated rings. The van der Waals surface area contributed by atoms with Crippen LogP contribution in [0.2, 0.25) is 0 Å². The van der Waals surface area contributed by atoms with Crippen LogP contribution in [-0.4, -0.2) is 52.6 Å². The summed E-state index contributed by atoms with van der Waals surface area (Å²) < 4.78 is 1.74. The van der Waals surface area contributed by atoms with Gasteiger partial charge in [0.15, 0.2) is 0 Å². The molecule has 0 aliphatic carbocycles. The summed E-state index contributed by atoms with van der Waals surface area (Å²) in [5.74, 6) is 0. The number of piperazine rings is 1. The molecule has 0 radical (unpaired) electrons. The fourth-order valence-corrected chi connectivity index (χ4v) is 2.50. The minimum atomic E-state index is -0.386. The van der Waals surface area contributed by atoms with E-state index in [0.717, 1.165) is 39.3 Å². The quantitative estimate of drug-likeness (QED) is 0.814. The zero-order chi connectivity index (χ0) is 14.6. The summed E-state index contributed by atoms with van der Waals surface area (Å²) in [7, 11) is 0. The molecule has 5 heteroatoms. The van der Waals surface area contributed by atoms with Crippen LogP contribution in [0.4, 0.5) is 0 Å². The van der Waals surface area contributed by atoms with Crippen molar-refractivity contribution in [3.05, 3.63) is 34.7 Å². The molecule has 5 nitrogen and oxygen atoms in total. The summed E-state index contributed by atoms with van der Waals surface area (Å²) in [5, 5.41) is 9.15. The molecule has 108 valence electrons. The average Bonchev–Trinajstić information content (AvgIpc) is 2.47. The van der Waals surface area contributed by atoms with Crippen molar-refractivity contribution in [2.45, 2.75) is 25.9 Å². The molecule has 0 saturated carbocycles. The third-order valence-electron chi connectivity index (χ3n) is 3.99. The topological polar surface area (TPSA) is 52.3 Å². The number of hydrogen-bond donors (Lipinski definition) is 0. The minimum Gasteiger partial charge on any atom is -0.314 e. The van der Waals surface area contributed by atoms with E-state index in [2.05, 4.69) is 15.9 Å². The lowest BCUT2D eigenvalue weighted by Gasteiger charge is -2.40. The van der Waals surface area contributed by atoms with Crippen LogP contribution < -0.4 is 5.56 Å². The van der Waals surface area contributed by atoms with Crippen molar-refractivity contribution >= 4 is 0 Å². The highest BCUT2D eigenvalue weighted by atomic mass is 16.1. The Balaban J connectivity index is 1.83. The Bertz CT molecular complexity index is 535. The molecule has 0 N–H and O–H groups in total. The van der Waals surface area contributed by atoms with Gasteiger partial charge >= 0.3 is 0 Å². The zero-order valence-electron chi connectivity index (χ0n) is 12.2. The third-order valence-corrected chi connectivity index (χ3v) is 3.99. The van der Waals surface area contributed by atoms with Gasteiger partial charge in [-0.05, 0) is 19.9 Å². The van der Waals surface area contributed by atoms with Crippen LogP contribution in [0, 0.1) is 11.3 Å². The molecule has 0 bridgehead atoms. The monoisotopic (exact) mass is 274 g/mol. The largest absolute Gasteiger partial charge is 0.314 e. The highest BCUT2D eigenvalue weighted by Crippen LogP contribution is 2.15. The van der Waals surface area contributed by atoms with Gasteiger partial charge in [-0.1, -0.05) is 6.07 Å². The van der Waals surface area contributed by atoms with Gasteiger partial charge < -0.3 is 4.57 Å². The van der Waals surface area contributed by atoms with E-state index in [9.17, 15) is 4.79 Å². The maximum Gasteiger partial charge on any atom is 0.250 e. The fourth-order valence-electron chi connectivity index (χ4n) is 2.50. The van der Waals surface area contributed by atoms with Crippen molar-refractivity contribution in [2.75, 3.05) is 32.7 Å². The molecular weight excluding hydrogens is 252 g/mol. The van der Waals surface area contributed by atoms with Crippen LogP contribution in [0.5, 0.6) is 0 Å². The van der Waals surface area contributed by atoms with E-state index in [1.807, 2.05) is 26.1 Å². The molecule has 1 aromatic rings. The first-order valence-corrected chi connectivity index (χ1v) is 7.07. The Hall–Kier alpha value is -1.64. The lowest BCUT2D eigenvalue weighted by atomic mass is 10.0.